The van der Waals surface area contributed by atoms with E-state index in [1.54, 1.807) is 20.8 Å². The fourth-order valence-corrected chi connectivity index (χ4v) is 2.78. The van der Waals surface area contributed by atoms with Crippen LogP contribution >= 0.6 is 0 Å². The third-order valence-electron chi connectivity index (χ3n) is 3.06. The lowest BCUT2D eigenvalue weighted by molar-refractivity contribution is -0.127. The first-order valence-electron chi connectivity index (χ1n) is 6.43. The van der Waals surface area contributed by atoms with E-state index in [2.05, 4.69) is 0 Å². The van der Waals surface area contributed by atoms with Crippen molar-refractivity contribution in [3.8, 4) is 0 Å². The second-order valence-corrected chi connectivity index (χ2v) is 7.96. The zero-order chi connectivity index (χ0) is 16.6. The molecule has 0 aliphatic carbocycles. The molecule has 0 aromatic rings. The summed E-state index contributed by atoms with van der Waals surface area (Å²) in [5.41, 5.74) is 3.26. The van der Waals surface area contributed by atoms with Gasteiger partial charge in [0.1, 0.15) is 11.1 Å². The highest BCUT2D eigenvalue weighted by atomic mass is 32.2. The molecule has 2 amide bonds. The Labute approximate surface area is 124 Å². The lowest BCUT2D eigenvalue weighted by Crippen LogP contribution is -2.54. The Hall–Kier alpha value is -1.35. The summed E-state index contributed by atoms with van der Waals surface area (Å²) in [4.78, 5) is 25.0. The van der Waals surface area contributed by atoms with Gasteiger partial charge in [0.2, 0.25) is 5.91 Å². The maximum Gasteiger partial charge on any atom is 0.411 e. The smallest absolute Gasteiger partial charge is 0.411 e. The minimum Gasteiger partial charge on any atom is -0.444 e. The highest BCUT2D eigenvalue weighted by Gasteiger charge is 2.51. The molecule has 0 aromatic heterocycles. The summed E-state index contributed by atoms with van der Waals surface area (Å²) in [6.45, 7) is 6.44. The van der Waals surface area contributed by atoms with Crippen LogP contribution in [-0.4, -0.2) is 55.4 Å². The molecule has 21 heavy (non-hydrogen) atoms. The molecule has 0 aromatic carbocycles. The van der Waals surface area contributed by atoms with Gasteiger partial charge in [-0.05, 0) is 27.7 Å². The summed E-state index contributed by atoms with van der Waals surface area (Å²) in [5, 5.41) is 0. The number of primary amides is 1. The zero-order valence-corrected chi connectivity index (χ0v) is 13.7. The number of carbonyl (C=O) groups excluding carboxylic acids is 2. The Morgan fingerprint density at radius 1 is 1.33 bits per heavy atom. The van der Waals surface area contributed by atoms with Crippen molar-refractivity contribution < 1.29 is 26.9 Å². The summed E-state index contributed by atoms with van der Waals surface area (Å²) in [6.07, 6.45) is -0.659. The van der Waals surface area contributed by atoms with Crippen molar-refractivity contribution in [3.63, 3.8) is 0 Å². The van der Waals surface area contributed by atoms with E-state index in [0.717, 1.165) is 11.2 Å². The Morgan fingerprint density at radius 3 is 2.24 bits per heavy atom. The fraction of sp³-hybridized carbons (Fsp3) is 0.833. The number of hydrogen-bond acceptors (Lipinski definition) is 6. The molecule has 1 aliphatic heterocycles. The number of nitrogens with zero attached hydrogens (tertiary/aromatic N) is 1. The predicted octanol–water partition coefficient (Wildman–Crippen LogP) is 0.216. The van der Waals surface area contributed by atoms with Gasteiger partial charge in [-0.25, -0.2) is 4.79 Å². The maximum atomic E-state index is 12.2. The van der Waals surface area contributed by atoms with Crippen molar-refractivity contribution in [1.29, 1.82) is 0 Å². The third-order valence-corrected chi connectivity index (χ3v) is 3.68. The Kier molecular flexibility index (Phi) is 4.59. The average molecular weight is 322 g/mol. The molecular weight excluding hydrogens is 300 g/mol. The van der Waals surface area contributed by atoms with Crippen LogP contribution in [0.3, 0.4) is 0 Å². The molecule has 0 bridgehead atoms. The topological polar surface area (TPSA) is 116 Å². The van der Waals surface area contributed by atoms with E-state index in [-0.39, 0.29) is 13.0 Å². The van der Waals surface area contributed by atoms with E-state index in [1.165, 1.54) is 6.92 Å². The first-order chi connectivity index (χ1) is 9.24. The summed E-state index contributed by atoms with van der Waals surface area (Å²) >= 11 is 0. The second kappa shape index (κ2) is 5.45. The number of carbonyl (C=O) groups is 2. The monoisotopic (exact) mass is 322 g/mol. The minimum atomic E-state index is -3.70. The molecule has 2 N–H and O–H groups in total. The molecule has 9 heteroatoms. The Morgan fingerprint density at radius 2 is 1.86 bits per heavy atom. The highest BCUT2D eigenvalue weighted by Crippen LogP contribution is 2.32. The van der Waals surface area contributed by atoms with Gasteiger partial charge in [-0.2, -0.15) is 8.42 Å². The number of rotatable bonds is 3. The van der Waals surface area contributed by atoms with Crippen LogP contribution in [0.4, 0.5) is 4.79 Å². The van der Waals surface area contributed by atoms with Crippen LogP contribution in [0.1, 0.15) is 34.1 Å². The van der Waals surface area contributed by atoms with E-state index < -0.39 is 39.4 Å². The minimum absolute atomic E-state index is 0.00531. The van der Waals surface area contributed by atoms with Gasteiger partial charge in [0, 0.05) is 6.42 Å². The molecule has 122 valence electrons. The molecule has 1 heterocycles. The van der Waals surface area contributed by atoms with Gasteiger partial charge >= 0.3 is 6.09 Å². The van der Waals surface area contributed by atoms with Crippen LogP contribution in [0.5, 0.6) is 0 Å². The summed E-state index contributed by atoms with van der Waals surface area (Å²) in [7, 11) is -3.70. The largest absolute Gasteiger partial charge is 0.444 e. The average Bonchev–Trinajstić information content (AvgIpc) is 2.51. The van der Waals surface area contributed by atoms with E-state index in [9.17, 15) is 18.0 Å². The highest BCUT2D eigenvalue weighted by molar-refractivity contribution is 7.86. The number of hydrogen-bond donors (Lipinski definition) is 1. The van der Waals surface area contributed by atoms with Crippen molar-refractivity contribution in [2.75, 3.05) is 12.8 Å². The van der Waals surface area contributed by atoms with Crippen molar-refractivity contribution in [2.45, 2.75) is 51.4 Å². The zero-order valence-electron chi connectivity index (χ0n) is 12.9. The molecule has 1 fully saturated rings. The third kappa shape index (κ3) is 4.57. The fourth-order valence-electron chi connectivity index (χ4n) is 2.16. The number of ether oxygens (including phenoxy) is 1. The summed E-state index contributed by atoms with van der Waals surface area (Å²) in [6, 6.07) is 0. The molecule has 1 aliphatic rings. The SMILES string of the molecule is CC(C)(C)OC(=O)N1C[C@H](OS(C)(=O)=O)C[C@@]1(C)C(N)=O. The molecule has 0 spiro atoms. The molecule has 2 atom stereocenters. The van der Waals surface area contributed by atoms with Crippen LogP contribution in [0.25, 0.3) is 0 Å². The van der Waals surface area contributed by atoms with E-state index >= 15 is 0 Å². The number of likely N-dealkylation sites (tertiary alicyclic amines) is 1. The Balaban J connectivity index is 2.99. The van der Waals surface area contributed by atoms with Crippen molar-refractivity contribution in [3.05, 3.63) is 0 Å². The van der Waals surface area contributed by atoms with Crippen LogP contribution in [-0.2, 0) is 23.8 Å². The normalized spacial score (nSPS) is 26.7. The standard InChI is InChI=1S/C12H22N2O6S/c1-11(2,3)19-10(16)14-7-8(20-21(5,17)18)6-12(14,4)9(13)15/h8H,6-7H2,1-5H3,(H2,13,15)/t8-,12+/m1/s1. The second-order valence-electron chi connectivity index (χ2n) is 6.36. The quantitative estimate of drug-likeness (QED) is 0.743. The molecule has 0 unspecified atom stereocenters. The summed E-state index contributed by atoms with van der Waals surface area (Å²) in [5.74, 6) is -0.743. The molecule has 0 saturated carbocycles. The van der Waals surface area contributed by atoms with Crippen molar-refractivity contribution >= 4 is 22.1 Å². The van der Waals surface area contributed by atoms with Crippen LogP contribution in [0.2, 0.25) is 0 Å². The van der Waals surface area contributed by atoms with Crippen LogP contribution in [0, 0.1) is 0 Å². The van der Waals surface area contributed by atoms with Crippen LogP contribution < -0.4 is 5.73 Å². The van der Waals surface area contributed by atoms with Gasteiger partial charge in [-0.3, -0.25) is 13.9 Å². The molecule has 8 nitrogen and oxygen atoms in total. The van der Waals surface area contributed by atoms with Gasteiger partial charge in [0.15, 0.2) is 0 Å². The lowest BCUT2D eigenvalue weighted by Gasteiger charge is -2.33. The summed E-state index contributed by atoms with van der Waals surface area (Å²) < 4.78 is 32.5. The first-order valence-corrected chi connectivity index (χ1v) is 8.25. The molecule has 1 rings (SSSR count). The lowest BCUT2D eigenvalue weighted by atomic mass is 9.98. The van der Waals surface area contributed by atoms with Gasteiger partial charge < -0.3 is 10.5 Å². The molecule has 1 saturated heterocycles. The first kappa shape index (κ1) is 17.7. The van der Waals surface area contributed by atoms with Gasteiger partial charge in [-0.15, -0.1) is 0 Å². The maximum absolute atomic E-state index is 12.2. The van der Waals surface area contributed by atoms with Gasteiger partial charge in [0.05, 0.1) is 18.9 Å². The van der Waals surface area contributed by atoms with Crippen molar-refractivity contribution in [2.24, 2.45) is 5.73 Å². The van der Waals surface area contributed by atoms with Crippen LogP contribution in [0.15, 0.2) is 0 Å². The van der Waals surface area contributed by atoms with Gasteiger partial charge in [0.25, 0.3) is 10.1 Å². The van der Waals surface area contributed by atoms with Gasteiger partial charge in [-0.1, -0.05) is 0 Å². The van der Waals surface area contributed by atoms with Crippen molar-refractivity contribution in [1.82, 2.24) is 4.90 Å². The number of nitrogens with two attached hydrogens (primary N) is 1. The molecular formula is C12H22N2O6S. The predicted molar refractivity (Wildman–Crippen MR) is 74.9 cm³/mol. The number of amides is 2. The Bertz CT molecular complexity index is 538. The van der Waals surface area contributed by atoms with E-state index in [4.69, 9.17) is 14.7 Å². The molecule has 0 radical (unpaired) electrons. The van der Waals surface area contributed by atoms with E-state index in [1.807, 2.05) is 0 Å². The van der Waals surface area contributed by atoms with E-state index in [0.29, 0.717) is 0 Å².